The summed E-state index contributed by atoms with van der Waals surface area (Å²) in [5, 5.41) is 12.5. The highest BCUT2D eigenvalue weighted by atomic mass is 16.5. The van der Waals surface area contributed by atoms with E-state index in [2.05, 4.69) is 16.4 Å². The Bertz CT molecular complexity index is 954. The van der Waals surface area contributed by atoms with Gasteiger partial charge in [-0.3, -0.25) is 4.79 Å². The van der Waals surface area contributed by atoms with E-state index in [9.17, 15) is 4.79 Å². The highest BCUT2D eigenvalue weighted by Gasteiger charge is 2.33. The molecule has 0 amide bonds. The molecular formula is C21H21N3O2. The SMILES string of the molecule is CCOc1ncc(C)c2c1C(c1ccc(C#N)cc1C)C(C=O)=C(C)N2. The Hall–Kier alpha value is -3.13. The topological polar surface area (TPSA) is 75.0 Å². The average Bonchev–Trinajstić information content (AvgIpc) is 2.63. The number of aromatic nitrogens is 1. The zero-order chi connectivity index (χ0) is 18.8. The Kier molecular flexibility index (Phi) is 4.77. The number of pyridine rings is 1. The normalized spacial score (nSPS) is 15.7. The van der Waals surface area contributed by atoms with E-state index in [1.165, 1.54) is 0 Å². The van der Waals surface area contributed by atoms with Crippen LogP contribution in [0.5, 0.6) is 5.88 Å². The summed E-state index contributed by atoms with van der Waals surface area (Å²) in [6.07, 6.45) is 2.67. The molecule has 26 heavy (non-hydrogen) atoms. The standard InChI is InChI=1S/C21H21N3O2/c1-5-26-21-19-18(16-7-6-15(9-22)8-12(16)2)17(11-25)14(4)24-20(19)13(3)10-23-21/h6-8,10-11,18,24H,5H2,1-4H3. The molecule has 1 aliphatic heterocycles. The van der Waals surface area contributed by atoms with Crippen molar-refractivity contribution in [1.82, 2.24) is 4.98 Å². The Morgan fingerprint density at radius 1 is 1.31 bits per heavy atom. The molecule has 0 fully saturated rings. The second kappa shape index (κ2) is 7.01. The zero-order valence-corrected chi connectivity index (χ0v) is 15.4. The first kappa shape index (κ1) is 17.7. The van der Waals surface area contributed by atoms with Gasteiger partial charge in [0.1, 0.15) is 6.29 Å². The number of hydrogen-bond donors (Lipinski definition) is 1. The largest absolute Gasteiger partial charge is 0.478 e. The van der Waals surface area contributed by atoms with Crippen LogP contribution < -0.4 is 10.1 Å². The van der Waals surface area contributed by atoms with Crippen LogP contribution in [0.15, 0.2) is 35.7 Å². The van der Waals surface area contributed by atoms with Gasteiger partial charge in [0.05, 0.1) is 29.5 Å². The van der Waals surface area contributed by atoms with E-state index < -0.39 is 0 Å². The van der Waals surface area contributed by atoms with Crippen molar-refractivity contribution in [2.24, 2.45) is 0 Å². The number of carbonyl (C=O) groups is 1. The minimum Gasteiger partial charge on any atom is -0.478 e. The zero-order valence-electron chi connectivity index (χ0n) is 15.4. The second-order valence-electron chi connectivity index (χ2n) is 6.41. The predicted molar refractivity (Wildman–Crippen MR) is 100 cm³/mol. The van der Waals surface area contributed by atoms with Gasteiger partial charge in [-0.15, -0.1) is 0 Å². The molecule has 1 aliphatic rings. The third-order valence-electron chi connectivity index (χ3n) is 4.73. The minimum atomic E-state index is -0.287. The summed E-state index contributed by atoms with van der Waals surface area (Å²) in [6, 6.07) is 7.71. The monoisotopic (exact) mass is 347 g/mol. The van der Waals surface area contributed by atoms with Gasteiger partial charge < -0.3 is 10.1 Å². The van der Waals surface area contributed by atoms with Gasteiger partial charge in [-0.1, -0.05) is 6.07 Å². The smallest absolute Gasteiger partial charge is 0.219 e. The van der Waals surface area contributed by atoms with Crippen molar-refractivity contribution in [2.75, 3.05) is 11.9 Å². The molecule has 1 aromatic heterocycles. The van der Waals surface area contributed by atoms with Gasteiger partial charge >= 0.3 is 0 Å². The first-order valence-electron chi connectivity index (χ1n) is 8.57. The van der Waals surface area contributed by atoms with Crippen molar-refractivity contribution in [2.45, 2.75) is 33.6 Å². The molecule has 5 nitrogen and oxygen atoms in total. The van der Waals surface area contributed by atoms with E-state index in [1.807, 2.05) is 39.8 Å². The van der Waals surface area contributed by atoms with E-state index in [0.717, 1.165) is 39.9 Å². The Balaban J connectivity index is 2.32. The van der Waals surface area contributed by atoms with Gasteiger partial charge in [0, 0.05) is 23.4 Å². The summed E-state index contributed by atoms with van der Waals surface area (Å²) in [5.74, 6) is 0.242. The van der Waals surface area contributed by atoms with Gasteiger partial charge in [-0.25, -0.2) is 4.98 Å². The molecule has 5 heteroatoms. The molecule has 0 spiro atoms. The van der Waals surface area contributed by atoms with Crippen LogP contribution in [0.2, 0.25) is 0 Å². The van der Waals surface area contributed by atoms with Crippen LogP contribution in [0.1, 0.15) is 47.6 Å². The summed E-state index contributed by atoms with van der Waals surface area (Å²) in [7, 11) is 0. The Labute approximate surface area is 153 Å². The number of anilines is 1. The number of nitrogens with zero attached hydrogens (tertiary/aromatic N) is 2. The molecule has 0 saturated carbocycles. The Morgan fingerprint density at radius 3 is 2.69 bits per heavy atom. The summed E-state index contributed by atoms with van der Waals surface area (Å²) >= 11 is 0. The van der Waals surface area contributed by atoms with Crippen molar-refractivity contribution in [3.63, 3.8) is 0 Å². The number of rotatable bonds is 4. The number of allylic oxidation sites excluding steroid dienone is 2. The maximum absolute atomic E-state index is 11.9. The molecule has 0 saturated heterocycles. The molecule has 0 radical (unpaired) electrons. The Morgan fingerprint density at radius 2 is 2.08 bits per heavy atom. The molecule has 0 aliphatic carbocycles. The molecule has 0 bridgehead atoms. The van der Waals surface area contributed by atoms with Crippen LogP contribution in [-0.4, -0.2) is 17.9 Å². The number of ether oxygens (including phenoxy) is 1. The maximum atomic E-state index is 11.9. The van der Waals surface area contributed by atoms with E-state index in [0.29, 0.717) is 23.6 Å². The lowest BCUT2D eigenvalue weighted by molar-refractivity contribution is -0.105. The van der Waals surface area contributed by atoms with Gasteiger partial charge in [0.2, 0.25) is 5.88 Å². The molecule has 1 aromatic carbocycles. The fraction of sp³-hybridized carbons (Fsp3) is 0.286. The first-order chi connectivity index (χ1) is 12.5. The fourth-order valence-electron chi connectivity index (χ4n) is 3.47. The van der Waals surface area contributed by atoms with Gasteiger partial charge in [-0.05, 0) is 56.5 Å². The lowest BCUT2D eigenvalue weighted by Crippen LogP contribution is -2.21. The lowest BCUT2D eigenvalue weighted by Gasteiger charge is -2.31. The van der Waals surface area contributed by atoms with Crippen LogP contribution in [0.25, 0.3) is 0 Å². The van der Waals surface area contributed by atoms with E-state index in [-0.39, 0.29) is 5.92 Å². The van der Waals surface area contributed by atoms with Gasteiger partial charge in [0.15, 0.2) is 0 Å². The number of nitriles is 1. The minimum absolute atomic E-state index is 0.287. The molecule has 132 valence electrons. The number of aryl methyl sites for hydroxylation is 2. The molecule has 1 unspecified atom stereocenters. The van der Waals surface area contributed by atoms with Crippen LogP contribution in [-0.2, 0) is 4.79 Å². The molecular weight excluding hydrogens is 326 g/mol. The quantitative estimate of drug-likeness (QED) is 0.846. The third kappa shape index (κ3) is 2.84. The third-order valence-corrected chi connectivity index (χ3v) is 4.73. The molecule has 1 atom stereocenters. The average molecular weight is 347 g/mol. The van der Waals surface area contributed by atoms with Crippen LogP contribution in [0, 0.1) is 25.2 Å². The van der Waals surface area contributed by atoms with Gasteiger partial charge in [0.25, 0.3) is 0 Å². The van der Waals surface area contributed by atoms with E-state index >= 15 is 0 Å². The maximum Gasteiger partial charge on any atom is 0.219 e. The summed E-state index contributed by atoms with van der Waals surface area (Å²) in [4.78, 5) is 16.4. The lowest BCUT2D eigenvalue weighted by atomic mass is 9.79. The number of nitrogens with one attached hydrogen (secondary N) is 1. The van der Waals surface area contributed by atoms with Crippen molar-refractivity contribution in [3.05, 3.63) is 63.5 Å². The van der Waals surface area contributed by atoms with Gasteiger partial charge in [-0.2, -0.15) is 5.26 Å². The van der Waals surface area contributed by atoms with Crippen molar-refractivity contribution in [1.29, 1.82) is 5.26 Å². The van der Waals surface area contributed by atoms with E-state index in [1.54, 1.807) is 12.3 Å². The van der Waals surface area contributed by atoms with Crippen molar-refractivity contribution < 1.29 is 9.53 Å². The summed E-state index contributed by atoms with van der Waals surface area (Å²) in [6.45, 7) is 8.24. The van der Waals surface area contributed by atoms with Crippen molar-refractivity contribution >= 4 is 12.0 Å². The number of hydrogen-bond acceptors (Lipinski definition) is 5. The number of fused-ring (bicyclic) bond motifs is 1. The summed E-state index contributed by atoms with van der Waals surface area (Å²) in [5.41, 5.74) is 6.79. The molecule has 1 N–H and O–H groups in total. The highest BCUT2D eigenvalue weighted by Crippen LogP contribution is 2.46. The first-order valence-corrected chi connectivity index (χ1v) is 8.57. The highest BCUT2D eigenvalue weighted by molar-refractivity contribution is 5.86. The predicted octanol–water partition coefficient (Wildman–Crippen LogP) is 4.00. The van der Waals surface area contributed by atoms with E-state index in [4.69, 9.17) is 10.00 Å². The fourth-order valence-corrected chi connectivity index (χ4v) is 3.47. The number of carbonyl (C=O) groups excluding carboxylic acids is 1. The molecule has 3 rings (SSSR count). The van der Waals surface area contributed by atoms with Crippen LogP contribution in [0.3, 0.4) is 0 Å². The number of aldehydes is 1. The molecule has 2 heterocycles. The van der Waals surface area contributed by atoms with Crippen molar-refractivity contribution in [3.8, 4) is 11.9 Å². The summed E-state index contributed by atoms with van der Waals surface area (Å²) < 4.78 is 5.78. The molecule has 2 aromatic rings. The van der Waals surface area contributed by atoms with Crippen LogP contribution in [0.4, 0.5) is 5.69 Å². The van der Waals surface area contributed by atoms with Crippen LogP contribution >= 0.6 is 0 Å². The second-order valence-corrected chi connectivity index (χ2v) is 6.41. The number of benzene rings is 1.